The van der Waals surface area contributed by atoms with Crippen LogP contribution >= 0.6 is 0 Å². The molecule has 0 unspecified atom stereocenters. The van der Waals surface area contributed by atoms with Crippen molar-refractivity contribution in [1.82, 2.24) is 4.98 Å². The van der Waals surface area contributed by atoms with Gasteiger partial charge in [-0.15, -0.1) is 0 Å². The van der Waals surface area contributed by atoms with Crippen molar-refractivity contribution in [2.24, 2.45) is 0 Å². The van der Waals surface area contributed by atoms with Crippen LogP contribution in [0.2, 0.25) is 0 Å². The lowest BCUT2D eigenvalue weighted by atomic mass is 10.1. The van der Waals surface area contributed by atoms with E-state index in [9.17, 15) is 0 Å². The number of hydrogen-bond donors (Lipinski definition) is 0. The number of ether oxygens (including phenoxy) is 1. The smallest absolute Gasteiger partial charge is 0.231 e. The van der Waals surface area contributed by atoms with E-state index in [1.165, 1.54) is 0 Å². The molecule has 0 aliphatic heterocycles. The van der Waals surface area contributed by atoms with E-state index >= 15 is 0 Å². The summed E-state index contributed by atoms with van der Waals surface area (Å²) in [4.78, 5) is 4.49. The van der Waals surface area contributed by atoms with Crippen molar-refractivity contribution in [2.75, 3.05) is 7.11 Å². The van der Waals surface area contributed by atoms with Crippen molar-refractivity contribution in [3.05, 3.63) is 54.6 Å². The minimum absolute atomic E-state index is 0.557. The Bertz CT molecular complexity index is 710. The fraction of sp³-hybridized carbons (Fsp3) is 0.0625. The van der Waals surface area contributed by atoms with Gasteiger partial charge in [0.25, 0.3) is 0 Å². The monoisotopic (exact) mass is 251 g/mol. The van der Waals surface area contributed by atoms with Crippen molar-refractivity contribution in [2.45, 2.75) is 0 Å². The maximum Gasteiger partial charge on any atom is 0.231 e. The second kappa shape index (κ2) is 4.61. The van der Waals surface area contributed by atoms with Gasteiger partial charge in [-0.05, 0) is 18.2 Å². The first-order chi connectivity index (χ1) is 9.33. The number of hydrogen-bond acceptors (Lipinski definition) is 3. The number of nitrogens with zero attached hydrogens (tertiary/aromatic N) is 1. The highest BCUT2D eigenvalue weighted by Crippen LogP contribution is 2.34. The molecule has 3 aromatic rings. The molecular weight excluding hydrogens is 238 g/mol. The van der Waals surface area contributed by atoms with Crippen LogP contribution < -0.4 is 4.74 Å². The van der Waals surface area contributed by atoms with E-state index in [0.717, 1.165) is 28.0 Å². The fourth-order valence-electron chi connectivity index (χ4n) is 2.10. The summed E-state index contributed by atoms with van der Waals surface area (Å²) in [6.45, 7) is 3.79. The summed E-state index contributed by atoms with van der Waals surface area (Å²) in [5.74, 6) is 1.28. The van der Waals surface area contributed by atoms with Crippen LogP contribution in [0.5, 0.6) is 5.75 Å². The van der Waals surface area contributed by atoms with Crippen LogP contribution in [0.1, 0.15) is 5.56 Å². The van der Waals surface area contributed by atoms with Crippen molar-refractivity contribution in [3.63, 3.8) is 0 Å². The minimum Gasteiger partial charge on any atom is -0.495 e. The number of aromatic nitrogens is 1. The molecule has 0 aliphatic carbocycles. The number of methoxy groups -OCH3 is 1. The van der Waals surface area contributed by atoms with E-state index in [0.29, 0.717) is 5.89 Å². The molecule has 94 valence electrons. The van der Waals surface area contributed by atoms with Gasteiger partial charge in [0, 0.05) is 5.56 Å². The quantitative estimate of drug-likeness (QED) is 0.701. The fourth-order valence-corrected chi connectivity index (χ4v) is 2.10. The molecule has 2 aromatic carbocycles. The summed E-state index contributed by atoms with van der Waals surface area (Å²) in [7, 11) is 1.63. The summed E-state index contributed by atoms with van der Waals surface area (Å²) in [5.41, 5.74) is 3.35. The minimum atomic E-state index is 0.557. The van der Waals surface area contributed by atoms with Crippen LogP contribution in [0, 0.1) is 0 Å². The first-order valence-corrected chi connectivity index (χ1v) is 5.99. The van der Waals surface area contributed by atoms with E-state index in [1.807, 2.05) is 42.5 Å². The molecule has 0 amide bonds. The zero-order valence-corrected chi connectivity index (χ0v) is 10.6. The van der Waals surface area contributed by atoms with Gasteiger partial charge in [0.1, 0.15) is 11.3 Å². The van der Waals surface area contributed by atoms with Gasteiger partial charge in [0.15, 0.2) is 5.58 Å². The lowest BCUT2D eigenvalue weighted by Gasteiger charge is -2.08. The predicted molar refractivity (Wildman–Crippen MR) is 76.1 cm³/mol. The third kappa shape index (κ3) is 1.89. The Labute approximate surface area is 111 Å². The number of fused-ring (bicyclic) bond motifs is 1. The lowest BCUT2D eigenvalue weighted by Crippen LogP contribution is -1.91. The largest absolute Gasteiger partial charge is 0.495 e. The molecular formula is C16H13NO2. The highest BCUT2D eigenvalue weighted by Gasteiger charge is 2.14. The van der Waals surface area contributed by atoms with E-state index in [4.69, 9.17) is 9.15 Å². The lowest BCUT2D eigenvalue weighted by molar-refractivity contribution is 0.414. The van der Waals surface area contributed by atoms with Crippen LogP contribution in [-0.4, -0.2) is 12.1 Å². The molecule has 0 saturated carbocycles. The van der Waals surface area contributed by atoms with Gasteiger partial charge in [-0.25, -0.2) is 4.98 Å². The Morgan fingerprint density at radius 2 is 2.00 bits per heavy atom. The molecule has 1 aromatic heterocycles. The first-order valence-electron chi connectivity index (χ1n) is 5.99. The Morgan fingerprint density at radius 3 is 2.74 bits per heavy atom. The highest BCUT2D eigenvalue weighted by atomic mass is 16.5. The van der Waals surface area contributed by atoms with E-state index in [1.54, 1.807) is 13.2 Å². The van der Waals surface area contributed by atoms with Crippen molar-refractivity contribution in [3.8, 4) is 17.2 Å². The topological polar surface area (TPSA) is 35.3 Å². The maximum atomic E-state index is 5.77. The Morgan fingerprint density at radius 1 is 1.16 bits per heavy atom. The molecule has 3 heteroatoms. The second-order valence-electron chi connectivity index (χ2n) is 4.12. The van der Waals surface area contributed by atoms with Crippen molar-refractivity contribution in [1.29, 1.82) is 0 Å². The number of rotatable bonds is 3. The zero-order valence-electron chi connectivity index (χ0n) is 10.6. The van der Waals surface area contributed by atoms with Gasteiger partial charge in [0.05, 0.1) is 12.7 Å². The molecule has 3 rings (SSSR count). The molecule has 0 radical (unpaired) electrons. The molecule has 0 fully saturated rings. The maximum absolute atomic E-state index is 5.77. The van der Waals surface area contributed by atoms with E-state index < -0.39 is 0 Å². The van der Waals surface area contributed by atoms with Crippen LogP contribution in [0.25, 0.3) is 28.6 Å². The summed E-state index contributed by atoms with van der Waals surface area (Å²) >= 11 is 0. The Balaban J connectivity index is 2.23. The van der Waals surface area contributed by atoms with Gasteiger partial charge in [-0.2, -0.15) is 0 Å². The van der Waals surface area contributed by atoms with Crippen LogP contribution in [0.15, 0.2) is 53.5 Å². The van der Waals surface area contributed by atoms with Crippen LogP contribution in [0.3, 0.4) is 0 Å². The third-order valence-corrected chi connectivity index (χ3v) is 2.99. The summed E-state index contributed by atoms with van der Waals surface area (Å²) in [6, 6.07) is 13.5. The van der Waals surface area contributed by atoms with E-state index in [-0.39, 0.29) is 0 Å². The first kappa shape index (κ1) is 11.5. The third-order valence-electron chi connectivity index (χ3n) is 2.99. The van der Waals surface area contributed by atoms with Crippen LogP contribution in [-0.2, 0) is 0 Å². The Hall–Kier alpha value is -2.55. The molecule has 0 aliphatic rings. The second-order valence-corrected chi connectivity index (χ2v) is 4.12. The average molecular weight is 251 g/mol. The SMILES string of the molecule is C=Cc1cccc(-c2nc3ccccc3o2)c1OC. The van der Waals surface area contributed by atoms with Gasteiger partial charge >= 0.3 is 0 Å². The van der Waals surface area contributed by atoms with Gasteiger partial charge in [-0.3, -0.25) is 0 Å². The number of oxazole rings is 1. The van der Waals surface area contributed by atoms with Gasteiger partial charge in [0.2, 0.25) is 5.89 Å². The highest BCUT2D eigenvalue weighted by molar-refractivity contribution is 5.79. The molecule has 0 saturated heterocycles. The van der Waals surface area contributed by atoms with Crippen molar-refractivity contribution >= 4 is 17.2 Å². The molecule has 1 heterocycles. The summed E-state index contributed by atoms with van der Waals surface area (Å²) in [6.07, 6.45) is 1.75. The normalized spacial score (nSPS) is 10.6. The Kier molecular flexibility index (Phi) is 2.80. The molecule has 0 bridgehead atoms. The number of benzene rings is 2. The van der Waals surface area contributed by atoms with Gasteiger partial charge < -0.3 is 9.15 Å². The van der Waals surface area contributed by atoms with E-state index in [2.05, 4.69) is 11.6 Å². The predicted octanol–water partition coefficient (Wildman–Crippen LogP) is 4.15. The molecule has 0 N–H and O–H groups in total. The summed E-state index contributed by atoms with van der Waals surface area (Å²) in [5, 5.41) is 0. The van der Waals surface area contributed by atoms with Gasteiger partial charge in [-0.1, -0.05) is 36.9 Å². The summed E-state index contributed by atoms with van der Waals surface area (Å²) < 4.78 is 11.2. The molecule has 0 spiro atoms. The molecule has 0 atom stereocenters. The van der Waals surface area contributed by atoms with Crippen molar-refractivity contribution < 1.29 is 9.15 Å². The molecule has 3 nitrogen and oxygen atoms in total. The average Bonchev–Trinajstić information content (AvgIpc) is 2.89. The van der Waals surface area contributed by atoms with Crippen LogP contribution in [0.4, 0.5) is 0 Å². The molecule has 19 heavy (non-hydrogen) atoms. The standard InChI is InChI=1S/C16H13NO2/c1-3-11-7-6-8-12(15(11)18-2)16-17-13-9-4-5-10-14(13)19-16/h3-10H,1H2,2H3. The zero-order chi connectivity index (χ0) is 13.2. The number of para-hydroxylation sites is 3.